The Kier molecular flexibility index (Phi) is 3.06. The molecule has 2 aliphatic carbocycles. The van der Waals surface area contributed by atoms with E-state index in [-0.39, 0.29) is 6.54 Å². The molecule has 0 saturated heterocycles. The zero-order chi connectivity index (χ0) is 9.97. The zero-order valence-corrected chi connectivity index (χ0v) is 8.54. The normalized spacial score (nSPS) is 32.9. The lowest BCUT2D eigenvalue weighted by molar-refractivity contribution is -0.136. The second kappa shape index (κ2) is 4.30. The molecule has 0 amide bonds. The van der Waals surface area contributed by atoms with Crippen molar-refractivity contribution < 1.29 is 9.90 Å². The van der Waals surface area contributed by atoms with E-state index in [4.69, 9.17) is 5.11 Å². The van der Waals surface area contributed by atoms with Crippen molar-refractivity contribution in [1.82, 2.24) is 5.32 Å². The van der Waals surface area contributed by atoms with Crippen LogP contribution in [0.25, 0.3) is 0 Å². The van der Waals surface area contributed by atoms with Crippen LogP contribution in [0.3, 0.4) is 0 Å². The summed E-state index contributed by atoms with van der Waals surface area (Å²) in [6.07, 6.45) is 7.84. The van der Waals surface area contributed by atoms with Gasteiger partial charge in [-0.05, 0) is 37.5 Å². The van der Waals surface area contributed by atoms with E-state index in [1.165, 1.54) is 32.1 Å². The van der Waals surface area contributed by atoms with Gasteiger partial charge in [-0.25, -0.2) is 0 Å². The highest BCUT2D eigenvalue weighted by atomic mass is 16.4. The van der Waals surface area contributed by atoms with Gasteiger partial charge in [0.2, 0.25) is 0 Å². The van der Waals surface area contributed by atoms with Crippen molar-refractivity contribution in [3.8, 4) is 0 Å². The number of carbonyl (C=O) groups is 1. The summed E-state index contributed by atoms with van der Waals surface area (Å²) in [7, 11) is 0. The van der Waals surface area contributed by atoms with Crippen molar-refractivity contribution in [2.75, 3.05) is 6.54 Å². The largest absolute Gasteiger partial charge is 0.480 e. The molecule has 3 heteroatoms. The molecule has 0 spiro atoms. The molecule has 2 aliphatic rings. The SMILES string of the molecule is O=C(O)CNC1CCCC(C2CC2)C1. The number of hydrogen-bond acceptors (Lipinski definition) is 2. The van der Waals surface area contributed by atoms with Gasteiger partial charge in [0, 0.05) is 6.04 Å². The number of carboxylic acids is 1. The Labute approximate surface area is 84.9 Å². The van der Waals surface area contributed by atoms with Gasteiger partial charge in [-0.2, -0.15) is 0 Å². The van der Waals surface area contributed by atoms with Gasteiger partial charge in [0.1, 0.15) is 0 Å². The number of hydrogen-bond donors (Lipinski definition) is 2. The average Bonchev–Trinajstić information content (AvgIpc) is 2.98. The predicted molar refractivity (Wildman–Crippen MR) is 54.1 cm³/mol. The Morgan fingerprint density at radius 2 is 2.00 bits per heavy atom. The maximum absolute atomic E-state index is 10.4. The first-order chi connectivity index (χ1) is 6.75. The summed E-state index contributed by atoms with van der Waals surface area (Å²) in [5, 5.41) is 11.7. The molecule has 0 aromatic carbocycles. The third-order valence-corrected chi connectivity index (χ3v) is 3.55. The molecule has 2 N–H and O–H groups in total. The molecule has 3 nitrogen and oxygen atoms in total. The van der Waals surface area contributed by atoms with Crippen LogP contribution in [0.2, 0.25) is 0 Å². The fourth-order valence-corrected chi connectivity index (χ4v) is 2.64. The highest BCUT2D eigenvalue weighted by Crippen LogP contribution is 2.43. The van der Waals surface area contributed by atoms with E-state index in [9.17, 15) is 4.79 Å². The average molecular weight is 197 g/mol. The van der Waals surface area contributed by atoms with Crippen LogP contribution in [0.1, 0.15) is 38.5 Å². The summed E-state index contributed by atoms with van der Waals surface area (Å²) in [5.41, 5.74) is 0. The molecule has 0 aromatic heterocycles. The van der Waals surface area contributed by atoms with E-state index < -0.39 is 5.97 Å². The molecule has 0 radical (unpaired) electrons. The Bertz CT molecular complexity index is 213. The van der Waals surface area contributed by atoms with Crippen LogP contribution >= 0.6 is 0 Å². The summed E-state index contributed by atoms with van der Waals surface area (Å²) >= 11 is 0. The lowest BCUT2D eigenvalue weighted by Crippen LogP contribution is -2.37. The lowest BCUT2D eigenvalue weighted by atomic mass is 9.83. The standard InChI is InChI=1S/C11H19NO2/c13-11(14)7-12-10-3-1-2-9(6-10)8-4-5-8/h8-10,12H,1-7H2,(H,13,14). The van der Waals surface area contributed by atoms with Gasteiger partial charge in [0.25, 0.3) is 0 Å². The summed E-state index contributed by atoms with van der Waals surface area (Å²) in [4.78, 5) is 10.4. The van der Waals surface area contributed by atoms with Crippen LogP contribution < -0.4 is 5.32 Å². The van der Waals surface area contributed by atoms with E-state index in [2.05, 4.69) is 5.32 Å². The first kappa shape index (κ1) is 9.97. The summed E-state index contributed by atoms with van der Waals surface area (Å²) in [6.45, 7) is 0.127. The van der Waals surface area contributed by atoms with Gasteiger partial charge in [0.05, 0.1) is 6.54 Å². The topological polar surface area (TPSA) is 49.3 Å². The van der Waals surface area contributed by atoms with Crippen molar-refractivity contribution in [2.24, 2.45) is 11.8 Å². The molecule has 2 unspecified atom stereocenters. The van der Waals surface area contributed by atoms with Gasteiger partial charge in [-0.3, -0.25) is 4.79 Å². The summed E-state index contributed by atoms with van der Waals surface area (Å²) in [5.74, 6) is 1.12. The van der Waals surface area contributed by atoms with E-state index in [1.54, 1.807) is 0 Å². The number of rotatable bonds is 4. The van der Waals surface area contributed by atoms with Gasteiger partial charge in [0.15, 0.2) is 0 Å². The highest BCUT2D eigenvalue weighted by molar-refractivity contribution is 5.69. The van der Waals surface area contributed by atoms with Gasteiger partial charge in [-0.1, -0.05) is 12.8 Å². The second-order valence-electron chi connectivity index (χ2n) is 4.74. The van der Waals surface area contributed by atoms with Crippen LogP contribution in [-0.4, -0.2) is 23.7 Å². The van der Waals surface area contributed by atoms with E-state index in [1.807, 2.05) is 0 Å². The zero-order valence-electron chi connectivity index (χ0n) is 8.54. The Morgan fingerprint density at radius 1 is 1.21 bits per heavy atom. The van der Waals surface area contributed by atoms with Crippen molar-refractivity contribution in [2.45, 2.75) is 44.6 Å². The first-order valence-corrected chi connectivity index (χ1v) is 5.71. The molecule has 14 heavy (non-hydrogen) atoms. The lowest BCUT2D eigenvalue weighted by Gasteiger charge is -2.29. The van der Waals surface area contributed by atoms with Crippen LogP contribution in [0.5, 0.6) is 0 Å². The quantitative estimate of drug-likeness (QED) is 0.720. The molecular weight excluding hydrogens is 178 g/mol. The molecule has 0 bridgehead atoms. The minimum absolute atomic E-state index is 0.127. The number of nitrogens with one attached hydrogen (secondary N) is 1. The maximum Gasteiger partial charge on any atom is 0.317 e. The highest BCUT2D eigenvalue weighted by Gasteiger charge is 2.34. The van der Waals surface area contributed by atoms with Gasteiger partial charge >= 0.3 is 5.97 Å². The molecule has 2 fully saturated rings. The molecule has 2 saturated carbocycles. The van der Waals surface area contributed by atoms with Crippen molar-refractivity contribution in [1.29, 1.82) is 0 Å². The molecule has 2 rings (SSSR count). The molecule has 80 valence electrons. The van der Waals surface area contributed by atoms with E-state index in [0.29, 0.717) is 6.04 Å². The molecule has 2 atom stereocenters. The molecular formula is C11H19NO2. The molecule has 0 aromatic rings. The fourth-order valence-electron chi connectivity index (χ4n) is 2.64. The number of carboxylic acid groups (broad SMARTS) is 1. The first-order valence-electron chi connectivity index (χ1n) is 5.71. The van der Waals surface area contributed by atoms with Crippen molar-refractivity contribution in [3.05, 3.63) is 0 Å². The third-order valence-electron chi connectivity index (χ3n) is 3.55. The fraction of sp³-hybridized carbons (Fsp3) is 0.909. The van der Waals surface area contributed by atoms with Crippen LogP contribution in [0.4, 0.5) is 0 Å². The number of aliphatic carboxylic acids is 1. The van der Waals surface area contributed by atoms with E-state index >= 15 is 0 Å². The summed E-state index contributed by atoms with van der Waals surface area (Å²) in [6, 6.07) is 0.463. The Balaban J connectivity index is 1.72. The molecule has 0 heterocycles. The molecule has 0 aliphatic heterocycles. The van der Waals surface area contributed by atoms with Gasteiger partial charge < -0.3 is 10.4 Å². The smallest absolute Gasteiger partial charge is 0.317 e. The maximum atomic E-state index is 10.4. The minimum Gasteiger partial charge on any atom is -0.480 e. The van der Waals surface area contributed by atoms with Crippen molar-refractivity contribution in [3.63, 3.8) is 0 Å². The van der Waals surface area contributed by atoms with Crippen LogP contribution in [0, 0.1) is 11.8 Å². The Hall–Kier alpha value is -0.570. The van der Waals surface area contributed by atoms with E-state index in [0.717, 1.165) is 18.3 Å². The van der Waals surface area contributed by atoms with Crippen LogP contribution in [-0.2, 0) is 4.79 Å². The third kappa shape index (κ3) is 2.71. The second-order valence-corrected chi connectivity index (χ2v) is 4.74. The predicted octanol–water partition coefficient (Wildman–Crippen LogP) is 1.63. The van der Waals surface area contributed by atoms with Crippen LogP contribution in [0.15, 0.2) is 0 Å². The summed E-state index contributed by atoms with van der Waals surface area (Å²) < 4.78 is 0. The Morgan fingerprint density at radius 3 is 2.64 bits per heavy atom. The van der Waals surface area contributed by atoms with Gasteiger partial charge in [-0.15, -0.1) is 0 Å². The van der Waals surface area contributed by atoms with Crippen molar-refractivity contribution >= 4 is 5.97 Å². The minimum atomic E-state index is -0.737. The monoisotopic (exact) mass is 197 g/mol.